The minimum atomic E-state index is -0.394. The molecule has 0 amide bonds. The Balaban J connectivity index is 1.23. The molecule has 0 radical (unpaired) electrons. The number of piperidine rings is 1. The number of carbonyl (C=O) groups excluding carboxylic acids is 1. The predicted octanol–water partition coefficient (Wildman–Crippen LogP) is 2.03. The summed E-state index contributed by atoms with van der Waals surface area (Å²) in [4.78, 5) is 38.2. The molecule has 1 atom stereocenters. The average molecular weight is 407 g/mol. The maximum Gasteiger partial charge on any atom is 0.312 e. The fourth-order valence-corrected chi connectivity index (χ4v) is 4.81. The zero-order valence-corrected chi connectivity index (χ0v) is 17.0. The highest BCUT2D eigenvalue weighted by molar-refractivity contribution is 5.79. The first-order valence-corrected chi connectivity index (χ1v) is 10.4. The van der Waals surface area contributed by atoms with Gasteiger partial charge in [-0.3, -0.25) is 14.5 Å². The highest BCUT2D eigenvalue weighted by Gasteiger charge is 2.50. The van der Waals surface area contributed by atoms with Crippen LogP contribution in [0.5, 0.6) is 0 Å². The molecule has 2 aromatic heterocycles. The molecule has 2 fully saturated rings. The molecule has 8 heteroatoms. The Labute approximate surface area is 173 Å². The third kappa shape index (κ3) is 3.52. The molecule has 2 saturated heterocycles. The standard InChI is InChI=1S/C22H25N5O3/c1-15-24-16(10-20(28)25-15)12-26-8-6-22(7-9-26)11-17(30-21(22)29)13-27-14-23-18-4-2-3-5-19(18)27/h2-5,10,14,17H,6-9,11-13H2,1H3,(H,24,25,28). The normalized spacial score (nSPS) is 21.4. The van der Waals surface area contributed by atoms with Crippen LogP contribution in [0.4, 0.5) is 0 Å². The van der Waals surface area contributed by atoms with Crippen LogP contribution in [0.1, 0.15) is 30.8 Å². The number of carbonyl (C=O) groups is 1. The summed E-state index contributed by atoms with van der Waals surface area (Å²) in [5.74, 6) is 0.557. The molecule has 1 spiro atoms. The van der Waals surface area contributed by atoms with E-state index in [1.54, 1.807) is 13.0 Å². The maximum absolute atomic E-state index is 12.8. The van der Waals surface area contributed by atoms with Crippen molar-refractivity contribution < 1.29 is 9.53 Å². The molecule has 156 valence electrons. The smallest absolute Gasteiger partial charge is 0.312 e. The highest BCUT2D eigenvalue weighted by atomic mass is 16.6. The summed E-state index contributed by atoms with van der Waals surface area (Å²) >= 11 is 0. The van der Waals surface area contributed by atoms with Crippen LogP contribution in [0.3, 0.4) is 0 Å². The molecule has 0 saturated carbocycles. The van der Waals surface area contributed by atoms with E-state index in [2.05, 4.69) is 24.4 Å². The topological polar surface area (TPSA) is 93.1 Å². The maximum atomic E-state index is 12.8. The highest BCUT2D eigenvalue weighted by Crippen LogP contribution is 2.43. The lowest BCUT2D eigenvalue weighted by Gasteiger charge is -2.36. The number of nitrogens with one attached hydrogen (secondary N) is 1. The average Bonchev–Trinajstić information content (AvgIpc) is 3.25. The van der Waals surface area contributed by atoms with Crippen molar-refractivity contribution in [1.29, 1.82) is 0 Å². The van der Waals surface area contributed by atoms with Crippen LogP contribution in [-0.4, -0.2) is 49.6 Å². The number of cyclic esters (lactones) is 1. The van der Waals surface area contributed by atoms with Crippen molar-refractivity contribution in [2.75, 3.05) is 13.1 Å². The largest absolute Gasteiger partial charge is 0.460 e. The number of aryl methyl sites for hydroxylation is 1. The van der Waals surface area contributed by atoms with Crippen LogP contribution in [0.25, 0.3) is 11.0 Å². The number of H-pyrrole nitrogens is 1. The van der Waals surface area contributed by atoms with E-state index in [9.17, 15) is 9.59 Å². The number of benzene rings is 1. The molecule has 4 heterocycles. The van der Waals surface area contributed by atoms with E-state index in [4.69, 9.17) is 4.74 Å². The van der Waals surface area contributed by atoms with E-state index in [-0.39, 0.29) is 17.6 Å². The Hall–Kier alpha value is -3.00. The van der Waals surface area contributed by atoms with Gasteiger partial charge in [0.05, 0.1) is 35.0 Å². The van der Waals surface area contributed by atoms with E-state index in [1.807, 2.05) is 30.6 Å². The first-order valence-electron chi connectivity index (χ1n) is 10.4. The summed E-state index contributed by atoms with van der Waals surface area (Å²) in [5.41, 5.74) is 2.26. The summed E-state index contributed by atoms with van der Waals surface area (Å²) in [7, 11) is 0. The second-order valence-electron chi connectivity index (χ2n) is 8.50. The number of rotatable bonds is 4. The Morgan fingerprint density at radius 3 is 2.83 bits per heavy atom. The Bertz CT molecular complexity index is 1140. The van der Waals surface area contributed by atoms with Crippen LogP contribution in [0, 0.1) is 12.3 Å². The summed E-state index contributed by atoms with van der Waals surface area (Å²) in [6.07, 6.45) is 3.99. The van der Waals surface area contributed by atoms with Crippen molar-refractivity contribution in [3.63, 3.8) is 0 Å². The first kappa shape index (κ1) is 19.0. The molecule has 5 rings (SSSR count). The fourth-order valence-electron chi connectivity index (χ4n) is 4.81. The number of imidazole rings is 1. The second-order valence-corrected chi connectivity index (χ2v) is 8.50. The zero-order chi connectivity index (χ0) is 20.7. The molecular formula is C22H25N5O3. The predicted molar refractivity (Wildman–Crippen MR) is 111 cm³/mol. The van der Waals surface area contributed by atoms with Gasteiger partial charge in [-0.1, -0.05) is 12.1 Å². The van der Waals surface area contributed by atoms with Gasteiger partial charge in [-0.25, -0.2) is 9.97 Å². The van der Waals surface area contributed by atoms with Gasteiger partial charge >= 0.3 is 5.97 Å². The first-order chi connectivity index (χ1) is 14.5. The summed E-state index contributed by atoms with van der Waals surface area (Å²) < 4.78 is 7.87. The number of hydrogen-bond donors (Lipinski definition) is 1. The van der Waals surface area contributed by atoms with E-state index >= 15 is 0 Å². The van der Waals surface area contributed by atoms with Gasteiger partial charge in [0.15, 0.2) is 0 Å². The number of aromatic amines is 1. The number of ether oxygens (including phenoxy) is 1. The lowest BCUT2D eigenvalue weighted by Crippen LogP contribution is -2.42. The molecular weight excluding hydrogens is 382 g/mol. The number of aromatic nitrogens is 4. The van der Waals surface area contributed by atoms with Gasteiger partial charge in [-0.2, -0.15) is 0 Å². The Kier molecular flexibility index (Phi) is 4.66. The molecule has 2 aliphatic rings. The van der Waals surface area contributed by atoms with Crippen molar-refractivity contribution in [3.05, 3.63) is 58.5 Å². The molecule has 30 heavy (non-hydrogen) atoms. The number of nitrogens with zero attached hydrogens (tertiary/aromatic N) is 4. The van der Waals surface area contributed by atoms with Crippen molar-refractivity contribution in [1.82, 2.24) is 24.4 Å². The van der Waals surface area contributed by atoms with Crippen molar-refractivity contribution in [2.45, 2.75) is 45.4 Å². The molecule has 0 bridgehead atoms. The second kappa shape index (κ2) is 7.36. The Morgan fingerprint density at radius 1 is 1.23 bits per heavy atom. The van der Waals surface area contributed by atoms with E-state index < -0.39 is 5.41 Å². The molecule has 1 aromatic carbocycles. The molecule has 3 aromatic rings. The molecule has 0 aliphatic carbocycles. The van der Waals surface area contributed by atoms with Crippen LogP contribution in [0.2, 0.25) is 0 Å². The van der Waals surface area contributed by atoms with Crippen LogP contribution in [0.15, 0.2) is 41.5 Å². The van der Waals surface area contributed by atoms with Crippen LogP contribution >= 0.6 is 0 Å². The van der Waals surface area contributed by atoms with Crippen molar-refractivity contribution >= 4 is 17.0 Å². The summed E-state index contributed by atoms with van der Waals surface area (Å²) in [5, 5.41) is 0. The van der Waals surface area contributed by atoms with Crippen LogP contribution < -0.4 is 5.56 Å². The number of hydrogen-bond acceptors (Lipinski definition) is 6. The lowest BCUT2D eigenvalue weighted by atomic mass is 9.76. The molecule has 8 nitrogen and oxygen atoms in total. The zero-order valence-electron chi connectivity index (χ0n) is 17.0. The molecule has 2 aliphatic heterocycles. The van der Waals surface area contributed by atoms with Crippen molar-refractivity contribution in [2.24, 2.45) is 5.41 Å². The Morgan fingerprint density at radius 2 is 2.03 bits per heavy atom. The van der Waals surface area contributed by atoms with Gasteiger partial charge in [-0.15, -0.1) is 0 Å². The van der Waals surface area contributed by atoms with Gasteiger partial charge < -0.3 is 14.3 Å². The van der Waals surface area contributed by atoms with Gasteiger partial charge in [0.1, 0.15) is 11.9 Å². The minimum absolute atomic E-state index is 0.0679. The van der Waals surface area contributed by atoms with E-state index in [0.29, 0.717) is 18.9 Å². The number of fused-ring (bicyclic) bond motifs is 1. The van der Waals surface area contributed by atoms with Gasteiger partial charge in [0.2, 0.25) is 0 Å². The SMILES string of the molecule is Cc1nc(CN2CCC3(CC2)CC(Cn2cnc4ccccc42)OC3=O)cc(=O)[nH]1. The number of likely N-dealkylation sites (tertiary alicyclic amines) is 1. The lowest BCUT2D eigenvalue weighted by molar-refractivity contribution is -0.151. The molecule has 1 N–H and O–H groups in total. The number of para-hydroxylation sites is 2. The number of esters is 1. The summed E-state index contributed by atoms with van der Waals surface area (Å²) in [6.45, 7) is 4.63. The third-order valence-corrected chi connectivity index (χ3v) is 6.36. The quantitative estimate of drug-likeness (QED) is 0.665. The van der Waals surface area contributed by atoms with Crippen molar-refractivity contribution in [3.8, 4) is 0 Å². The van der Waals surface area contributed by atoms with Crippen LogP contribution in [-0.2, 0) is 22.6 Å². The van der Waals surface area contributed by atoms with Gasteiger partial charge in [0.25, 0.3) is 5.56 Å². The third-order valence-electron chi connectivity index (χ3n) is 6.36. The van der Waals surface area contributed by atoms with E-state index in [0.717, 1.165) is 49.1 Å². The summed E-state index contributed by atoms with van der Waals surface area (Å²) in [6, 6.07) is 9.54. The van der Waals surface area contributed by atoms with Gasteiger partial charge in [-0.05, 0) is 45.0 Å². The van der Waals surface area contributed by atoms with E-state index in [1.165, 1.54) is 0 Å². The molecule has 1 unspecified atom stereocenters. The monoisotopic (exact) mass is 407 g/mol. The van der Waals surface area contributed by atoms with Gasteiger partial charge in [0, 0.05) is 19.0 Å². The minimum Gasteiger partial charge on any atom is -0.460 e. The fraction of sp³-hybridized carbons (Fsp3) is 0.455.